The molecular formula is C12H25NO. The Morgan fingerprint density at radius 1 is 1.36 bits per heavy atom. The van der Waals surface area contributed by atoms with Crippen LogP contribution < -0.4 is 5.32 Å². The third-order valence-corrected chi connectivity index (χ3v) is 1.98. The lowest BCUT2D eigenvalue weighted by Gasteiger charge is -2.24. The van der Waals surface area contributed by atoms with E-state index in [-0.39, 0.29) is 5.54 Å². The minimum absolute atomic E-state index is 0.178. The minimum Gasteiger partial charge on any atom is -0.373 e. The average Bonchev–Trinajstić information content (AvgIpc) is 2.09. The van der Waals surface area contributed by atoms with E-state index in [9.17, 15) is 0 Å². The van der Waals surface area contributed by atoms with Crippen LogP contribution in [0.2, 0.25) is 0 Å². The van der Waals surface area contributed by atoms with Gasteiger partial charge in [-0.15, -0.1) is 0 Å². The van der Waals surface area contributed by atoms with Gasteiger partial charge in [0.05, 0.1) is 12.7 Å². The molecule has 0 heterocycles. The Bertz CT molecular complexity index is 158. The summed E-state index contributed by atoms with van der Waals surface area (Å²) in [5.41, 5.74) is 0.178. The van der Waals surface area contributed by atoms with Crippen LogP contribution in [-0.4, -0.2) is 24.8 Å². The number of rotatable bonds is 6. The Labute approximate surface area is 88.7 Å². The quantitative estimate of drug-likeness (QED) is 0.664. The van der Waals surface area contributed by atoms with Gasteiger partial charge < -0.3 is 10.1 Å². The molecule has 0 aliphatic rings. The Balaban J connectivity index is 3.68. The van der Waals surface area contributed by atoms with Crippen molar-refractivity contribution >= 4 is 0 Å². The van der Waals surface area contributed by atoms with Crippen molar-refractivity contribution in [2.75, 3.05) is 13.2 Å². The molecule has 0 saturated heterocycles. The normalized spacial score (nSPS) is 14.9. The highest BCUT2D eigenvalue weighted by molar-refractivity contribution is 4.78. The number of hydrogen-bond donors (Lipinski definition) is 1. The van der Waals surface area contributed by atoms with E-state index in [4.69, 9.17) is 4.74 Å². The first-order valence-corrected chi connectivity index (χ1v) is 5.47. The predicted octanol–water partition coefficient (Wildman–Crippen LogP) is 2.75. The first kappa shape index (κ1) is 13.7. The molecule has 0 aromatic rings. The summed E-state index contributed by atoms with van der Waals surface area (Å²) in [7, 11) is 0. The van der Waals surface area contributed by atoms with Crippen LogP contribution in [0.5, 0.6) is 0 Å². The van der Waals surface area contributed by atoms with Gasteiger partial charge in [-0.05, 0) is 34.1 Å². The molecule has 2 heteroatoms. The van der Waals surface area contributed by atoms with Crippen molar-refractivity contribution in [1.82, 2.24) is 5.32 Å². The molecule has 0 amide bonds. The van der Waals surface area contributed by atoms with E-state index in [1.54, 1.807) is 0 Å². The van der Waals surface area contributed by atoms with E-state index in [2.05, 4.69) is 33.0 Å². The Morgan fingerprint density at radius 3 is 2.43 bits per heavy atom. The fraction of sp³-hybridized carbons (Fsp3) is 0.833. The summed E-state index contributed by atoms with van der Waals surface area (Å²) < 4.78 is 5.68. The van der Waals surface area contributed by atoms with Crippen molar-refractivity contribution in [3.63, 3.8) is 0 Å². The second-order valence-corrected chi connectivity index (χ2v) is 4.56. The fourth-order valence-electron chi connectivity index (χ4n) is 1.03. The first-order chi connectivity index (χ1) is 6.49. The summed E-state index contributed by atoms with van der Waals surface area (Å²) >= 11 is 0. The lowest BCUT2D eigenvalue weighted by Crippen LogP contribution is -2.41. The van der Waals surface area contributed by atoms with Gasteiger partial charge in [-0.25, -0.2) is 0 Å². The van der Waals surface area contributed by atoms with Crippen LogP contribution >= 0.6 is 0 Å². The van der Waals surface area contributed by atoms with Gasteiger partial charge in [0.15, 0.2) is 0 Å². The topological polar surface area (TPSA) is 21.3 Å². The molecule has 0 aliphatic heterocycles. The molecule has 0 bridgehead atoms. The number of nitrogens with one attached hydrogen (secondary N) is 1. The van der Waals surface area contributed by atoms with Gasteiger partial charge in [-0.3, -0.25) is 0 Å². The van der Waals surface area contributed by atoms with Crippen LogP contribution in [0.1, 0.15) is 41.0 Å². The van der Waals surface area contributed by atoms with Crippen LogP contribution in [0.25, 0.3) is 0 Å². The molecule has 0 rings (SSSR count). The summed E-state index contributed by atoms with van der Waals surface area (Å²) in [4.78, 5) is 0. The van der Waals surface area contributed by atoms with Gasteiger partial charge in [0.25, 0.3) is 0 Å². The monoisotopic (exact) mass is 199 g/mol. The number of hydrogen-bond acceptors (Lipinski definition) is 2. The third kappa shape index (κ3) is 8.27. The maximum atomic E-state index is 5.68. The SMILES string of the molecule is CC=CCOC(CC)CNC(C)(C)C. The van der Waals surface area contributed by atoms with Gasteiger partial charge in [0, 0.05) is 12.1 Å². The second kappa shape index (κ2) is 7.02. The van der Waals surface area contributed by atoms with Gasteiger partial charge in [-0.2, -0.15) is 0 Å². The minimum atomic E-state index is 0.178. The molecule has 0 saturated carbocycles. The summed E-state index contributed by atoms with van der Waals surface area (Å²) in [6, 6.07) is 0. The molecule has 1 N–H and O–H groups in total. The summed E-state index contributed by atoms with van der Waals surface area (Å²) in [5.74, 6) is 0. The Hall–Kier alpha value is -0.340. The smallest absolute Gasteiger partial charge is 0.0701 e. The first-order valence-electron chi connectivity index (χ1n) is 5.47. The summed E-state index contributed by atoms with van der Waals surface area (Å²) in [5, 5.41) is 3.45. The van der Waals surface area contributed by atoms with Crippen molar-refractivity contribution < 1.29 is 4.74 Å². The second-order valence-electron chi connectivity index (χ2n) is 4.56. The van der Waals surface area contributed by atoms with Crippen LogP contribution in [0.15, 0.2) is 12.2 Å². The van der Waals surface area contributed by atoms with Crippen LogP contribution in [-0.2, 0) is 4.74 Å². The zero-order valence-corrected chi connectivity index (χ0v) is 10.3. The van der Waals surface area contributed by atoms with Crippen molar-refractivity contribution in [3.05, 3.63) is 12.2 Å². The number of allylic oxidation sites excluding steroid dienone is 1. The Kier molecular flexibility index (Phi) is 6.85. The predicted molar refractivity (Wildman–Crippen MR) is 62.6 cm³/mol. The maximum Gasteiger partial charge on any atom is 0.0701 e. The Morgan fingerprint density at radius 2 is 2.00 bits per heavy atom. The highest BCUT2D eigenvalue weighted by Gasteiger charge is 2.12. The highest BCUT2D eigenvalue weighted by Crippen LogP contribution is 2.02. The van der Waals surface area contributed by atoms with E-state index < -0.39 is 0 Å². The lowest BCUT2D eigenvalue weighted by atomic mass is 10.1. The third-order valence-electron chi connectivity index (χ3n) is 1.98. The van der Waals surface area contributed by atoms with Crippen LogP contribution in [0.4, 0.5) is 0 Å². The lowest BCUT2D eigenvalue weighted by molar-refractivity contribution is 0.0662. The van der Waals surface area contributed by atoms with Crippen molar-refractivity contribution in [2.24, 2.45) is 0 Å². The van der Waals surface area contributed by atoms with Crippen molar-refractivity contribution in [3.8, 4) is 0 Å². The molecule has 0 spiro atoms. The molecule has 0 aliphatic carbocycles. The van der Waals surface area contributed by atoms with Crippen molar-refractivity contribution in [2.45, 2.75) is 52.7 Å². The molecule has 0 aromatic heterocycles. The number of ether oxygens (including phenoxy) is 1. The van der Waals surface area contributed by atoms with E-state index in [0.717, 1.165) is 19.6 Å². The van der Waals surface area contributed by atoms with Crippen LogP contribution in [0.3, 0.4) is 0 Å². The van der Waals surface area contributed by atoms with E-state index in [1.165, 1.54) is 0 Å². The highest BCUT2D eigenvalue weighted by atomic mass is 16.5. The molecule has 0 radical (unpaired) electrons. The van der Waals surface area contributed by atoms with Gasteiger partial charge in [0.2, 0.25) is 0 Å². The maximum absolute atomic E-state index is 5.68. The van der Waals surface area contributed by atoms with E-state index in [0.29, 0.717) is 6.10 Å². The van der Waals surface area contributed by atoms with Gasteiger partial charge >= 0.3 is 0 Å². The molecule has 14 heavy (non-hydrogen) atoms. The molecule has 0 fully saturated rings. The molecule has 1 atom stereocenters. The van der Waals surface area contributed by atoms with Crippen LogP contribution in [0, 0.1) is 0 Å². The average molecular weight is 199 g/mol. The zero-order valence-electron chi connectivity index (χ0n) is 10.3. The largest absolute Gasteiger partial charge is 0.373 e. The van der Waals surface area contributed by atoms with Gasteiger partial charge in [0.1, 0.15) is 0 Å². The molecular weight excluding hydrogens is 174 g/mol. The summed E-state index contributed by atoms with van der Waals surface area (Å²) in [6.45, 7) is 12.3. The van der Waals surface area contributed by atoms with E-state index in [1.807, 2.05) is 19.1 Å². The standard InChI is InChI=1S/C12H25NO/c1-6-8-9-14-11(7-2)10-13-12(3,4)5/h6,8,11,13H,7,9-10H2,1-5H3. The molecule has 1 unspecified atom stereocenters. The zero-order chi connectivity index (χ0) is 11.0. The molecule has 84 valence electrons. The summed E-state index contributed by atoms with van der Waals surface area (Å²) in [6.07, 6.45) is 5.44. The fourth-order valence-corrected chi connectivity index (χ4v) is 1.03. The molecule has 2 nitrogen and oxygen atoms in total. The van der Waals surface area contributed by atoms with Crippen molar-refractivity contribution in [1.29, 1.82) is 0 Å². The molecule has 0 aromatic carbocycles. The van der Waals surface area contributed by atoms with E-state index >= 15 is 0 Å². The van der Waals surface area contributed by atoms with Gasteiger partial charge in [-0.1, -0.05) is 19.1 Å².